The largest absolute Gasteiger partial charge is 0.493 e. The Bertz CT molecular complexity index is 526. The van der Waals surface area contributed by atoms with Crippen molar-refractivity contribution in [3.63, 3.8) is 0 Å². The minimum atomic E-state index is 0.673. The molecule has 106 valence electrons. The van der Waals surface area contributed by atoms with Crippen LogP contribution in [-0.4, -0.2) is 20.3 Å². The number of methoxy groups -OCH3 is 1. The van der Waals surface area contributed by atoms with E-state index < -0.39 is 0 Å². The fourth-order valence-corrected chi connectivity index (χ4v) is 2.03. The van der Waals surface area contributed by atoms with Crippen molar-refractivity contribution in [2.24, 2.45) is 0 Å². The van der Waals surface area contributed by atoms with Gasteiger partial charge in [-0.2, -0.15) is 0 Å². The minimum absolute atomic E-state index is 0.673. The maximum Gasteiger partial charge on any atom is 0.161 e. The van der Waals surface area contributed by atoms with Gasteiger partial charge in [-0.25, -0.2) is 0 Å². The maximum atomic E-state index is 5.76. The van der Waals surface area contributed by atoms with Crippen LogP contribution in [0.15, 0.2) is 48.5 Å². The van der Waals surface area contributed by atoms with Gasteiger partial charge in [-0.1, -0.05) is 36.4 Å². The van der Waals surface area contributed by atoms with E-state index in [2.05, 4.69) is 29.6 Å². The first-order valence-corrected chi connectivity index (χ1v) is 6.92. The molecule has 2 rings (SSSR count). The lowest BCUT2D eigenvalue weighted by molar-refractivity contribution is -0.671. The monoisotopic (exact) mass is 272 g/mol. The second kappa shape index (κ2) is 7.56. The van der Waals surface area contributed by atoms with Crippen molar-refractivity contribution < 1.29 is 14.8 Å². The summed E-state index contributed by atoms with van der Waals surface area (Å²) in [6, 6.07) is 16.4. The summed E-state index contributed by atoms with van der Waals surface area (Å²) in [5.74, 6) is 1.61. The second-order valence-corrected chi connectivity index (χ2v) is 4.77. The molecule has 0 unspecified atom stereocenters. The summed E-state index contributed by atoms with van der Waals surface area (Å²) in [4.78, 5) is 0. The maximum absolute atomic E-state index is 5.76. The molecule has 0 saturated carbocycles. The second-order valence-electron chi connectivity index (χ2n) is 4.77. The highest BCUT2D eigenvalue weighted by Gasteiger charge is 2.04. The zero-order chi connectivity index (χ0) is 14.2. The van der Waals surface area contributed by atoms with E-state index in [-0.39, 0.29) is 0 Å². The molecule has 2 aromatic rings. The van der Waals surface area contributed by atoms with Gasteiger partial charge in [0, 0.05) is 5.56 Å². The number of aryl methyl sites for hydroxylation is 1. The van der Waals surface area contributed by atoms with Crippen molar-refractivity contribution in [3.05, 3.63) is 59.7 Å². The van der Waals surface area contributed by atoms with Crippen LogP contribution in [0.25, 0.3) is 0 Å². The van der Waals surface area contributed by atoms with Crippen LogP contribution in [0.3, 0.4) is 0 Å². The number of nitrogens with two attached hydrogens (primary N) is 1. The Morgan fingerprint density at radius 1 is 1.00 bits per heavy atom. The van der Waals surface area contributed by atoms with Crippen LogP contribution in [0, 0.1) is 6.92 Å². The quantitative estimate of drug-likeness (QED) is 0.784. The summed E-state index contributed by atoms with van der Waals surface area (Å²) < 4.78 is 11.1. The molecule has 0 amide bonds. The SMILES string of the molecule is COc1cc(C)ccc1OCC[NH2+]Cc1ccccc1. The van der Waals surface area contributed by atoms with Crippen LogP contribution in [0.4, 0.5) is 0 Å². The Morgan fingerprint density at radius 3 is 2.55 bits per heavy atom. The van der Waals surface area contributed by atoms with Crippen molar-refractivity contribution in [3.8, 4) is 11.5 Å². The number of ether oxygens (including phenoxy) is 2. The fourth-order valence-electron chi connectivity index (χ4n) is 2.03. The van der Waals surface area contributed by atoms with E-state index in [1.165, 1.54) is 11.1 Å². The van der Waals surface area contributed by atoms with Gasteiger partial charge in [-0.3, -0.25) is 0 Å². The highest BCUT2D eigenvalue weighted by Crippen LogP contribution is 2.27. The number of benzene rings is 2. The van der Waals surface area contributed by atoms with Crippen molar-refractivity contribution in [1.29, 1.82) is 0 Å². The molecule has 0 heterocycles. The predicted molar refractivity (Wildman–Crippen MR) is 80.2 cm³/mol. The normalized spacial score (nSPS) is 10.3. The highest BCUT2D eigenvalue weighted by atomic mass is 16.5. The van der Waals surface area contributed by atoms with E-state index in [0.717, 1.165) is 24.6 Å². The zero-order valence-corrected chi connectivity index (χ0v) is 12.1. The van der Waals surface area contributed by atoms with Gasteiger partial charge < -0.3 is 14.8 Å². The number of rotatable bonds is 7. The summed E-state index contributed by atoms with van der Waals surface area (Å²) in [6.07, 6.45) is 0. The molecule has 0 saturated heterocycles. The molecular weight excluding hydrogens is 250 g/mol. The summed E-state index contributed by atoms with van der Waals surface area (Å²) >= 11 is 0. The topological polar surface area (TPSA) is 35.1 Å². The molecule has 0 fully saturated rings. The average Bonchev–Trinajstić information content (AvgIpc) is 2.49. The summed E-state index contributed by atoms with van der Waals surface area (Å²) in [5, 5.41) is 2.25. The third-order valence-electron chi connectivity index (χ3n) is 3.12. The van der Waals surface area contributed by atoms with Gasteiger partial charge in [-0.15, -0.1) is 0 Å². The number of hydrogen-bond donors (Lipinski definition) is 1. The van der Waals surface area contributed by atoms with Gasteiger partial charge in [0.05, 0.1) is 7.11 Å². The van der Waals surface area contributed by atoms with Crippen LogP contribution < -0.4 is 14.8 Å². The van der Waals surface area contributed by atoms with Gasteiger partial charge in [0.15, 0.2) is 11.5 Å². The first-order chi connectivity index (χ1) is 9.79. The van der Waals surface area contributed by atoms with E-state index >= 15 is 0 Å². The zero-order valence-electron chi connectivity index (χ0n) is 12.1. The van der Waals surface area contributed by atoms with Gasteiger partial charge >= 0.3 is 0 Å². The van der Waals surface area contributed by atoms with Crippen molar-refractivity contribution in [2.45, 2.75) is 13.5 Å². The van der Waals surface area contributed by atoms with Crippen molar-refractivity contribution in [2.75, 3.05) is 20.3 Å². The Hall–Kier alpha value is -2.00. The molecule has 0 aliphatic rings. The van der Waals surface area contributed by atoms with Crippen molar-refractivity contribution >= 4 is 0 Å². The van der Waals surface area contributed by atoms with Gasteiger partial charge in [-0.05, 0) is 24.6 Å². The number of quaternary nitrogens is 1. The molecule has 2 N–H and O–H groups in total. The lowest BCUT2D eigenvalue weighted by Gasteiger charge is -2.10. The van der Waals surface area contributed by atoms with E-state index in [1.807, 2.05) is 31.2 Å². The van der Waals surface area contributed by atoms with E-state index in [9.17, 15) is 0 Å². The number of hydrogen-bond acceptors (Lipinski definition) is 2. The molecule has 2 aromatic carbocycles. The van der Waals surface area contributed by atoms with Crippen LogP contribution >= 0.6 is 0 Å². The fraction of sp³-hybridized carbons (Fsp3) is 0.294. The van der Waals surface area contributed by atoms with E-state index in [4.69, 9.17) is 9.47 Å². The molecular formula is C17H22NO2+. The smallest absolute Gasteiger partial charge is 0.161 e. The summed E-state index contributed by atoms with van der Waals surface area (Å²) in [5.41, 5.74) is 2.50. The Labute approximate surface area is 120 Å². The van der Waals surface area contributed by atoms with Gasteiger partial charge in [0.2, 0.25) is 0 Å². The molecule has 0 aliphatic heterocycles. The first kappa shape index (κ1) is 14.4. The van der Waals surface area contributed by atoms with Crippen LogP contribution in [0.1, 0.15) is 11.1 Å². The van der Waals surface area contributed by atoms with Gasteiger partial charge in [0.25, 0.3) is 0 Å². The molecule has 20 heavy (non-hydrogen) atoms. The molecule has 0 spiro atoms. The third kappa shape index (κ3) is 4.28. The summed E-state index contributed by atoms with van der Waals surface area (Å²) in [7, 11) is 1.67. The highest BCUT2D eigenvalue weighted by molar-refractivity contribution is 5.42. The first-order valence-electron chi connectivity index (χ1n) is 6.92. The average molecular weight is 272 g/mol. The van der Waals surface area contributed by atoms with E-state index in [1.54, 1.807) is 7.11 Å². The van der Waals surface area contributed by atoms with Gasteiger partial charge in [0.1, 0.15) is 19.7 Å². The van der Waals surface area contributed by atoms with E-state index in [0.29, 0.717) is 6.61 Å². The van der Waals surface area contributed by atoms with Crippen molar-refractivity contribution in [1.82, 2.24) is 0 Å². The predicted octanol–water partition coefficient (Wildman–Crippen LogP) is 2.15. The Balaban J connectivity index is 1.73. The molecule has 3 nitrogen and oxygen atoms in total. The molecule has 0 aromatic heterocycles. The lowest BCUT2D eigenvalue weighted by atomic mass is 10.2. The molecule has 0 atom stereocenters. The molecule has 0 radical (unpaired) electrons. The minimum Gasteiger partial charge on any atom is -0.493 e. The third-order valence-corrected chi connectivity index (χ3v) is 3.12. The lowest BCUT2D eigenvalue weighted by Crippen LogP contribution is -2.83. The standard InChI is InChI=1S/C17H21NO2/c1-14-8-9-16(17(12-14)19-2)20-11-10-18-13-15-6-4-3-5-7-15/h3-9,12,18H,10-11,13H2,1-2H3/p+1. The van der Waals surface area contributed by atoms with Crippen LogP contribution in [0.2, 0.25) is 0 Å². The molecule has 0 aliphatic carbocycles. The Kier molecular flexibility index (Phi) is 5.44. The summed E-state index contributed by atoms with van der Waals surface area (Å²) in [6.45, 7) is 4.62. The Morgan fingerprint density at radius 2 is 1.80 bits per heavy atom. The van der Waals surface area contributed by atoms with Crippen LogP contribution in [-0.2, 0) is 6.54 Å². The molecule has 3 heteroatoms. The molecule has 0 bridgehead atoms. The van der Waals surface area contributed by atoms with Crippen LogP contribution in [0.5, 0.6) is 11.5 Å².